The average molecular weight is 354 g/mol. The highest BCUT2D eigenvalue weighted by Gasteiger charge is 2.01. The normalized spacial score (nSPS) is 10.6. The minimum atomic E-state index is -0.415. The average Bonchev–Trinajstić information content (AvgIpc) is 2.64. The summed E-state index contributed by atoms with van der Waals surface area (Å²) >= 11 is 0. The maximum atomic E-state index is 11.5. The van der Waals surface area contributed by atoms with Crippen molar-refractivity contribution in [1.29, 1.82) is 0 Å². The Morgan fingerprint density at radius 2 is 1.48 bits per heavy atom. The molecule has 0 spiro atoms. The van der Waals surface area contributed by atoms with Gasteiger partial charge in [0.1, 0.15) is 6.61 Å². The quantitative estimate of drug-likeness (QED) is 0.466. The van der Waals surface area contributed by atoms with Gasteiger partial charge >= 0.3 is 6.09 Å². The van der Waals surface area contributed by atoms with Crippen LogP contribution in [0.4, 0.5) is 4.79 Å². The lowest BCUT2D eigenvalue weighted by molar-refractivity contribution is 0.0140. The number of hydrogen-bond donors (Lipinski definition) is 2. The molecule has 0 fully saturated rings. The number of alkyl carbamates (subject to hydrolysis) is 1. The van der Waals surface area contributed by atoms with Crippen molar-refractivity contribution < 1.29 is 23.7 Å². The molecule has 7 nitrogen and oxygen atoms in total. The Kier molecular flexibility index (Phi) is 13.5. The minimum Gasteiger partial charge on any atom is -0.445 e. The van der Waals surface area contributed by atoms with Gasteiger partial charge in [-0.15, -0.1) is 0 Å². The number of hydrogen-bond acceptors (Lipinski definition) is 6. The van der Waals surface area contributed by atoms with Crippen molar-refractivity contribution >= 4 is 6.09 Å². The fourth-order valence-electron chi connectivity index (χ4n) is 1.87. The first-order chi connectivity index (χ1) is 12.3. The monoisotopic (exact) mass is 354 g/mol. The highest BCUT2D eigenvalue weighted by atomic mass is 16.6. The molecular formula is C18H30N2O5. The third-order valence-corrected chi connectivity index (χ3v) is 3.18. The molecule has 0 atom stereocenters. The van der Waals surface area contributed by atoms with Crippen molar-refractivity contribution in [2.75, 3.05) is 52.7 Å². The van der Waals surface area contributed by atoms with Crippen LogP contribution in [0.2, 0.25) is 0 Å². The number of nitrogens with one attached hydrogen (secondary N) is 1. The lowest BCUT2D eigenvalue weighted by atomic mass is 10.2. The van der Waals surface area contributed by atoms with Crippen LogP contribution in [0.25, 0.3) is 0 Å². The van der Waals surface area contributed by atoms with Gasteiger partial charge in [-0.3, -0.25) is 0 Å². The molecule has 1 aromatic rings. The topological polar surface area (TPSA) is 92.0 Å². The van der Waals surface area contributed by atoms with Crippen molar-refractivity contribution in [3.63, 3.8) is 0 Å². The molecule has 3 N–H and O–H groups in total. The van der Waals surface area contributed by atoms with Gasteiger partial charge in [-0.05, 0) is 24.9 Å². The Bertz CT molecular complexity index is 431. The molecule has 0 unspecified atom stereocenters. The molecule has 0 aliphatic rings. The summed E-state index contributed by atoms with van der Waals surface area (Å²) in [6, 6.07) is 9.57. The Morgan fingerprint density at radius 1 is 0.880 bits per heavy atom. The van der Waals surface area contributed by atoms with Crippen molar-refractivity contribution in [1.82, 2.24) is 5.32 Å². The van der Waals surface area contributed by atoms with E-state index in [1.54, 1.807) is 0 Å². The van der Waals surface area contributed by atoms with Crippen LogP contribution in [0, 0.1) is 0 Å². The summed E-state index contributed by atoms with van der Waals surface area (Å²) in [6.45, 7) is 4.88. The van der Waals surface area contributed by atoms with Gasteiger partial charge in [0.15, 0.2) is 0 Å². The molecule has 142 valence electrons. The van der Waals surface area contributed by atoms with Crippen LogP contribution in [0.3, 0.4) is 0 Å². The van der Waals surface area contributed by atoms with Gasteiger partial charge < -0.3 is 30.0 Å². The van der Waals surface area contributed by atoms with Gasteiger partial charge in [0, 0.05) is 19.8 Å². The van der Waals surface area contributed by atoms with Crippen LogP contribution in [0.15, 0.2) is 30.3 Å². The molecule has 0 radical (unpaired) electrons. The van der Waals surface area contributed by atoms with E-state index < -0.39 is 6.09 Å². The molecule has 1 amide bonds. The minimum absolute atomic E-state index is 0.274. The number of nitrogens with two attached hydrogens (primary N) is 1. The van der Waals surface area contributed by atoms with E-state index in [4.69, 9.17) is 24.7 Å². The summed E-state index contributed by atoms with van der Waals surface area (Å²) in [7, 11) is 0. The van der Waals surface area contributed by atoms with Crippen LogP contribution >= 0.6 is 0 Å². The second-order valence-electron chi connectivity index (χ2n) is 5.32. The van der Waals surface area contributed by atoms with Crippen molar-refractivity contribution in [2.24, 2.45) is 5.73 Å². The number of amides is 1. The molecule has 7 heteroatoms. The second-order valence-corrected chi connectivity index (χ2v) is 5.32. The van der Waals surface area contributed by atoms with Crippen LogP contribution in [0.5, 0.6) is 0 Å². The number of ether oxygens (including phenoxy) is 4. The first-order valence-corrected chi connectivity index (χ1v) is 8.71. The largest absolute Gasteiger partial charge is 0.445 e. The van der Waals surface area contributed by atoms with Crippen molar-refractivity contribution in [3.05, 3.63) is 35.9 Å². The first kappa shape index (κ1) is 21.4. The third kappa shape index (κ3) is 13.3. The van der Waals surface area contributed by atoms with E-state index in [1.165, 1.54) is 0 Å². The second kappa shape index (κ2) is 15.8. The third-order valence-electron chi connectivity index (χ3n) is 3.18. The van der Waals surface area contributed by atoms with Crippen LogP contribution < -0.4 is 11.1 Å². The highest BCUT2D eigenvalue weighted by molar-refractivity contribution is 5.67. The fraction of sp³-hybridized carbons (Fsp3) is 0.611. The summed E-state index contributed by atoms with van der Waals surface area (Å²) in [6.07, 6.45) is 1.18. The van der Waals surface area contributed by atoms with Gasteiger partial charge in [0.2, 0.25) is 0 Å². The van der Waals surface area contributed by atoms with Gasteiger partial charge in [-0.1, -0.05) is 30.3 Å². The maximum Gasteiger partial charge on any atom is 0.407 e. The zero-order chi connectivity index (χ0) is 18.0. The Hall–Kier alpha value is -1.67. The Balaban J connectivity index is 1.80. The number of carbonyl (C=O) groups is 1. The SMILES string of the molecule is NCCCOCCOCCOCCCNC(=O)OCc1ccccc1. The Morgan fingerprint density at radius 3 is 2.12 bits per heavy atom. The van der Waals surface area contributed by atoms with E-state index in [-0.39, 0.29) is 6.61 Å². The fourth-order valence-corrected chi connectivity index (χ4v) is 1.87. The Labute approximate surface area is 149 Å². The van der Waals surface area contributed by atoms with E-state index in [9.17, 15) is 4.79 Å². The van der Waals surface area contributed by atoms with Gasteiger partial charge in [0.05, 0.1) is 26.4 Å². The lowest BCUT2D eigenvalue weighted by Crippen LogP contribution is -2.26. The lowest BCUT2D eigenvalue weighted by Gasteiger charge is -2.08. The summed E-state index contributed by atoms with van der Waals surface area (Å²) in [5.41, 5.74) is 6.32. The molecule has 0 heterocycles. The predicted octanol–water partition coefficient (Wildman–Crippen LogP) is 1.70. The van der Waals surface area contributed by atoms with Crippen LogP contribution in [0.1, 0.15) is 18.4 Å². The van der Waals surface area contributed by atoms with E-state index in [0.717, 1.165) is 18.4 Å². The first-order valence-electron chi connectivity index (χ1n) is 8.71. The molecule has 1 rings (SSSR count). The summed E-state index contributed by atoms with van der Waals surface area (Å²) in [4.78, 5) is 11.5. The molecule has 0 saturated carbocycles. The highest BCUT2D eigenvalue weighted by Crippen LogP contribution is 2.00. The van der Waals surface area contributed by atoms with Gasteiger partial charge in [-0.2, -0.15) is 0 Å². The molecule has 25 heavy (non-hydrogen) atoms. The standard InChI is InChI=1S/C18H30N2O5/c19-8-4-10-22-12-14-24-15-13-23-11-5-9-20-18(21)25-16-17-6-2-1-3-7-17/h1-3,6-7H,4-5,8-16,19H2,(H,20,21). The van der Waals surface area contributed by atoms with E-state index in [0.29, 0.717) is 52.7 Å². The van der Waals surface area contributed by atoms with Crippen molar-refractivity contribution in [3.8, 4) is 0 Å². The summed E-state index contributed by atoms with van der Waals surface area (Å²) in [5.74, 6) is 0. The predicted molar refractivity (Wildman–Crippen MR) is 95.4 cm³/mol. The van der Waals surface area contributed by atoms with Gasteiger partial charge in [-0.25, -0.2) is 4.79 Å². The zero-order valence-corrected chi connectivity index (χ0v) is 14.8. The number of carbonyl (C=O) groups excluding carboxylic acids is 1. The van der Waals surface area contributed by atoms with Crippen LogP contribution in [-0.4, -0.2) is 58.8 Å². The molecule has 0 aromatic heterocycles. The molecule has 0 aliphatic heterocycles. The van der Waals surface area contributed by atoms with Crippen molar-refractivity contribution in [2.45, 2.75) is 19.4 Å². The smallest absolute Gasteiger partial charge is 0.407 e. The van der Waals surface area contributed by atoms with Gasteiger partial charge in [0.25, 0.3) is 0 Å². The van der Waals surface area contributed by atoms with E-state index >= 15 is 0 Å². The molecule has 0 aliphatic carbocycles. The summed E-state index contributed by atoms with van der Waals surface area (Å²) in [5, 5.41) is 2.69. The van der Waals surface area contributed by atoms with Crippen LogP contribution in [-0.2, 0) is 25.6 Å². The number of benzene rings is 1. The zero-order valence-electron chi connectivity index (χ0n) is 14.8. The number of rotatable bonds is 15. The van der Waals surface area contributed by atoms with E-state index in [1.807, 2.05) is 30.3 Å². The molecule has 1 aromatic carbocycles. The molecule has 0 bridgehead atoms. The van der Waals surface area contributed by atoms with E-state index in [2.05, 4.69) is 5.32 Å². The summed E-state index contributed by atoms with van der Waals surface area (Å²) < 4.78 is 21.2. The molecular weight excluding hydrogens is 324 g/mol. The maximum absolute atomic E-state index is 11.5. The molecule has 0 saturated heterocycles.